The van der Waals surface area contributed by atoms with Gasteiger partial charge in [-0.25, -0.2) is 0 Å². The van der Waals surface area contributed by atoms with Gasteiger partial charge in [-0.05, 0) is 41.5 Å². The summed E-state index contributed by atoms with van der Waals surface area (Å²) in [7, 11) is 1.68. The van der Waals surface area contributed by atoms with Crippen LogP contribution in [0.2, 0.25) is 0 Å². The highest BCUT2D eigenvalue weighted by Gasteiger charge is 2.01. The Kier molecular flexibility index (Phi) is 7.74. The summed E-state index contributed by atoms with van der Waals surface area (Å²) < 4.78 is 16.5. The van der Waals surface area contributed by atoms with E-state index >= 15 is 0 Å². The van der Waals surface area contributed by atoms with E-state index in [1.165, 1.54) is 31.1 Å². The lowest BCUT2D eigenvalue weighted by atomic mass is 10.1. The van der Waals surface area contributed by atoms with Gasteiger partial charge in [0.05, 0.1) is 13.2 Å². The fraction of sp³-hybridized carbons (Fsp3) is 0.500. The van der Waals surface area contributed by atoms with E-state index in [0.29, 0.717) is 13.2 Å². The lowest BCUT2D eigenvalue weighted by Gasteiger charge is -2.09. The van der Waals surface area contributed by atoms with Gasteiger partial charge >= 0.3 is 0 Å². The third kappa shape index (κ3) is 6.11. The van der Waals surface area contributed by atoms with Crippen molar-refractivity contribution in [1.82, 2.24) is 0 Å². The first kappa shape index (κ1) is 17.6. The minimum absolute atomic E-state index is 0.571. The van der Waals surface area contributed by atoms with Gasteiger partial charge in [0.1, 0.15) is 18.1 Å². The molecule has 0 aliphatic carbocycles. The number of rotatable bonds is 11. The van der Waals surface area contributed by atoms with Gasteiger partial charge in [0.25, 0.3) is 0 Å². The Morgan fingerprint density at radius 2 is 1.30 bits per heavy atom. The van der Waals surface area contributed by atoms with Crippen LogP contribution >= 0.6 is 0 Å². The Balaban J connectivity index is 1.85. The number of benzene rings is 2. The zero-order chi connectivity index (χ0) is 16.3. The number of ether oxygens (including phenoxy) is 3. The molecule has 0 atom stereocenters. The van der Waals surface area contributed by atoms with Crippen molar-refractivity contribution >= 4 is 10.8 Å². The van der Waals surface area contributed by atoms with Crippen LogP contribution in [0.1, 0.15) is 39.0 Å². The fourth-order valence-corrected chi connectivity index (χ4v) is 2.52. The van der Waals surface area contributed by atoms with Crippen LogP contribution in [0.5, 0.6) is 11.5 Å². The van der Waals surface area contributed by atoms with Crippen molar-refractivity contribution in [2.45, 2.75) is 39.0 Å². The molecular formula is C20H28O3. The molecule has 0 unspecified atom stereocenters. The molecule has 0 aliphatic rings. The summed E-state index contributed by atoms with van der Waals surface area (Å²) in [5.74, 6) is 1.82. The summed E-state index contributed by atoms with van der Waals surface area (Å²) in [6.45, 7) is 4.21. The number of fused-ring (bicyclic) bond motifs is 1. The number of methoxy groups -OCH3 is 1. The average molecular weight is 316 g/mol. The lowest BCUT2D eigenvalue weighted by molar-refractivity contribution is 0.146. The highest BCUT2D eigenvalue weighted by molar-refractivity contribution is 5.85. The second-order valence-corrected chi connectivity index (χ2v) is 5.77. The molecule has 0 bridgehead atoms. The van der Waals surface area contributed by atoms with Crippen LogP contribution < -0.4 is 9.47 Å². The van der Waals surface area contributed by atoms with Gasteiger partial charge < -0.3 is 14.2 Å². The van der Waals surface area contributed by atoms with Gasteiger partial charge in [-0.15, -0.1) is 0 Å². The van der Waals surface area contributed by atoms with E-state index in [-0.39, 0.29) is 0 Å². The maximum atomic E-state index is 5.86. The molecule has 23 heavy (non-hydrogen) atoms. The highest BCUT2D eigenvalue weighted by Crippen LogP contribution is 2.25. The van der Waals surface area contributed by atoms with Gasteiger partial charge in [0, 0.05) is 7.11 Å². The van der Waals surface area contributed by atoms with Crippen molar-refractivity contribution in [2.75, 3.05) is 26.9 Å². The maximum absolute atomic E-state index is 5.86. The highest BCUT2D eigenvalue weighted by atomic mass is 16.5. The summed E-state index contributed by atoms with van der Waals surface area (Å²) >= 11 is 0. The zero-order valence-corrected chi connectivity index (χ0v) is 14.3. The second kappa shape index (κ2) is 10.1. The van der Waals surface area contributed by atoms with Crippen LogP contribution in [0.3, 0.4) is 0 Å². The first-order valence-corrected chi connectivity index (χ1v) is 8.62. The van der Waals surface area contributed by atoms with E-state index in [1.54, 1.807) is 7.11 Å². The van der Waals surface area contributed by atoms with Crippen molar-refractivity contribution in [3.8, 4) is 11.5 Å². The van der Waals surface area contributed by atoms with Crippen molar-refractivity contribution in [3.05, 3.63) is 36.4 Å². The molecule has 3 heteroatoms. The van der Waals surface area contributed by atoms with Crippen molar-refractivity contribution in [1.29, 1.82) is 0 Å². The normalized spacial score (nSPS) is 10.9. The smallest absolute Gasteiger partial charge is 0.120 e. The van der Waals surface area contributed by atoms with E-state index in [9.17, 15) is 0 Å². The van der Waals surface area contributed by atoms with Crippen LogP contribution in [0.4, 0.5) is 0 Å². The molecule has 2 rings (SSSR count). The van der Waals surface area contributed by atoms with Crippen LogP contribution in [0.15, 0.2) is 36.4 Å². The number of unbranched alkanes of at least 4 members (excludes halogenated alkanes) is 4. The predicted octanol–water partition coefficient (Wildman–Crippen LogP) is 5.21. The molecule has 2 aromatic rings. The van der Waals surface area contributed by atoms with Crippen molar-refractivity contribution in [2.24, 2.45) is 0 Å². The molecule has 2 aromatic carbocycles. The van der Waals surface area contributed by atoms with E-state index in [2.05, 4.69) is 31.2 Å². The van der Waals surface area contributed by atoms with Gasteiger partial charge in [0.15, 0.2) is 0 Å². The molecule has 3 nitrogen and oxygen atoms in total. The Bertz CT molecular complexity index is 580. The summed E-state index contributed by atoms with van der Waals surface area (Å²) in [4.78, 5) is 0. The molecule has 0 aliphatic heterocycles. The zero-order valence-electron chi connectivity index (χ0n) is 14.3. The van der Waals surface area contributed by atoms with Crippen molar-refractivity contribution < 1.29 is 14.2 Å². The molecule has 0 N–H and O–H groups in total. The Labute approximate surface area is 139 Å². The standard InChI is InChI=1S/C20H28O3/c1-3-4-5-6-7-12-22-19-10-8-18-16-20(23-14-13-21-2)11-9-17(18)15-19/h8-11,15-16H,3-7,12-14H2,1-2H3. The van der Waals surface area contributed by atoms with Crippen LogP contribution in [0.25, 0.3) is 10.8 Å². The predicted molar refractivity (Wildman–Crippen MR) is 95.6 cm³/mol. The summed E-state index contributed by atoms with van der Waals surface area (Å²) in [5, 5.41) is 2.34. The van der Waals surface area contributed by atoms with Gasteiger partial charge in [-0.1, -0.05) is 44.7 Å². The van der Waals surface area contributed by atoms with E-state index < -0.39 is 0 Å². The molecule has 0 fully saturated rings. The van der Waals surface area contributed by atoms with Gasteiger partial charge in [0.2, 0.25) is 0 Å². The van der Waals surface area contributed by atoms with E-state index in [0.717, 1.165) is 29.9 Å². The van der Waals surface area contributed by atoms with Crippen molar-refractivity contribution in [3.63, 3.8) is 0 Å². The first-order chi connectivity index (χ1) is 11.3. The molecule has 0 saturated carbocycles. The third-order valence-electron chi connectivity index (χ3n) is 3.86. The monoisotopic (exact) mass is 316 g/mol. The summed E-state index contributed by atoms with van der Waals surface area (Å²) in [5.41, 5.74) is 0. The largest absolute Gasteiger partial charge is 0.494 e. The number of hydrogen-bond donors (Lipinski definition) is 0. The molecule has 126 valence electrons. The quantitative estimate of drug-likeness (QED) is 0.532. The van der Waals surface area contributed by atoms with E-state index in [1.807, 2.05) is 12.1 Å². The second-order valence-electron chi connectivity index (χ2n) is 5.77. The molecule has 0 aromatic heterocycles. The molecule has 0 spiro atoms. The van der Waals surface area contributed by atoms with Crippen LogP contribution in [0, 0.1) is 0 Å². The minimum atomic E-state index is 0.571. The topological polar surface area (TPSA) is 27.7 Å². The Hall–Kier alpha value is -1.74. The minimum Gasteiger partial charge on any atom is -0.494 e. The maximum Gasteiger partial charge on any atom is 0.120 e. The van der Waals surface area contributed by atoms with E-state index in [4.69, 9.17) is 14.2 Å². The SMILES string of the molecule is CCCCCCCOc1ccc2cc(OCCOC)ccc2c1. The third-order valence-corrected chi connectivity index (χ3v) is 3.86. The van der Waals surface area contributed by atoms with Crippen LogP contribution in [-0.4, -0.2) is 26.9 Å². The van der Waals surface area contributed by atoms with Gasteiger partial charge in [-0.3, -0.25) is 0 Å². The first-order valence-electron chi connectivity index (χ1n) is 8.62. The Morgan fingerprint density at radius 3 is 1.91 bits per heavy atom. The molecule has 0 radical (unpaired) electrons. The summed E-state index contributed by atoms with van der Waals surface area (Å²) in [6, 6.07) is 12.3. The molecule has 0 amide bonds. The molecule has 0 heterocycles. The van der Waals surface area contributed by atoms with Gasteiger partial charge in [-0.2, -0.15) is 0 Å². The summed E-state index contributed by atoms with van der Waals surface area (Å²) in [6.07, 6.45) is 6.30. The molecule has 0 saturated heterocycles. The average Bonchev–Trinajstić information content (AvgIpc) is 2.58. The molecular weight excluding hydrogens is 288 g/mol. The number of hydrogen-bond acceptors (Lipinski definition) is 3. The van der Waals surface area contributed by atoms with Crippen LogP contribution in [-0.2, 0) is 4.74 Å². The Morgan fingerprint density at radius 1 is 0.696 bits per heavy atom. The lowest BCUT2D eigenvalue weighted by Crippen LogP contribution is -2.03. The fourth-order valence-electron chi connectivity index (χ4n) is 2.52.